The quantitative estimate of drug-likeness (QED) is 0.840. The van der Waals surface area contributed by atoms with E-state index in [4.69, 9.17) is 0 Å². The van der Waals surface area contributed by atoms with Crippen molar-refractivity contribution in [3.05, 3.63) is 36.6 Å². The van der Waals surface area contributed by atoms with Crippen LogP contribution in [0.2, 0.25) is 0 Å². The molecule has 2 aromatic rings. The number of sulfonamides is 1. The van der Waals surface area contributed by atoms with Gasteiger partial charge in [0.05, 0.1) is 0 Å². The molecule has 0 saturated carbocycles. The third-order valence-corrected chi connectivity index (χ3v) is 3.23. The molecule has 0 aliphatic carbocycles. The fraction of sp³-hybridized carbons (Fsp3) is 0. The molecule has 0 amide bonds. The maximum Gasteiger partial charge on any atom is 0.266 e. The van der Waals surface area contributed by atoms with Gasteiger partial charge in [-0.05, 0) is 12.1 Å². The summed E-state index contributed by atoms with van der Waals surface area (Å²) >= 11 is 0. The highest BCUT2D eigenvalue weighted by Crippen LogP contribution is 2.23. The van der Waals surface area contributed by atoms with Gasteiger partial charge in [0, 0.05) is 6.07 Å². The number of hydrogen-bond acceptors (Lipinski definition) is 5. The minimum atomic E-state index is -3.84. The van der Waals surface area contributed by atoms with Crippen molar-refractivity contribution in [2.24, 2.45) is 0 Å². The Morgan fingerprint density at radius 2 is 2.00 bits per heavy atom. The summed E-state index contributed by atoms with van der Waals surface area (Å²) < 4.78 is 30.2. The number of rotatable bonds is 3. The molecule has 0 saturated heterocycles. The molecule has 0 unspecified atom stereocenters. The topological polar surface area (TPSA) is 92.4 Å². The van der Waals surface area contributed by atoms with Gasteiger partial charge in [-0.2, -0.15) is 0 Å². The van der Waals surface area contributed by atoms with Crippen molar-refractivity contribution < 1.29 is 18.0 Å². The molecular weight excluding hydrogens is 232 g/mol. The molecule has 84 valence electrons. The van der Waals surface area contributed by atoms with Crippen LogP contribution in [0, 0.1) is 0 Å². The van der Waals surface area contributed by atoms with E-state index in [9.17, 15) is 13.5 Å². The van der Waals surface area contributed by atoms with Crippen LogP contribution in [0.4, 0.5) is 5.82 Å². The first-order valence-electron chi connectivity index (χ1n) is 4.31. The first-order valence-corrected chi connectivity index (χ1v) is 5.79. The van der Waals surface area contributed by atoms with Crippen LogP contribution < -0.4 is 4.72 Å². The van der Waals surface area contributed by atoms with Crippen LogP contribution in [-0.2, 0) is 10.0 Å². The average molecular weight is 240 g/mol. The molecule has 0 radical (unpaired) electrons. The van der Waals surface area contributed by atoms with Crippen LogP contribution in [0.25, 0.3) is 0 Å². The van der Waals surface area contributed by atoms with Crippen molar-refractivity contribution >= 4 is 15.8 Å². The van der Waals surface area contributed by atoms with Gasteiger partial charge in [-0.25, -0.2) is 8.42 Å². The Hall–Kier alpha value is -2.02. The first-order chi connectivity index (χ1) is 7.59. The smallest absolute Gasteiger partial charge is 0.266 e. The van der Waals surface area contributed by atoms with Gasteiger partial charge < -0.3 is 9.63 Å². The van der Waals surface area contributed by atoms with Crippen molar-refractivity contribution in [1.29, 1.82) is 0 Å². The number of benzene rings is 1. The number of para-hydroxylation sites is 1. The number of nitrogens with one attached hydrogen (secondary N) is 1. The lowest BCUT2D eigenvalue weighted by Gasteiger charge is -2.05. The van der Waals surface area contributed by atoms with E-state index in [0.29, 0.717) is 0 Å². The lowest BCUT2D eigenvalue weighted by Crippen LogP contribution is -2.13. The summed E-state index contributed by atoms with van der Waals surface area (Å²) in [7, 11) is -3.84. The van der Waals surface area contributed by atoms with Crippen LogP contribution in [0.1, 0.15) is 0 Å². The minimum Gasteiger partial charge on any atom is -0.507 e. The van der Waals surface area contributed by atoms with Gasteiger partial charge in [0.2, 0.25) is 0 Å². The van der Waals surface area contributed by atoms with Crippen LogP contribution in [0.15, 0.2) is 46.0 Å². The van der Waals surface area contributed by atoms with Crippen molar-refractivity contribution in [1.82, 2.24) is 5.16 Å². The molecule has 1 aromatic carbocycles. The number of anilines is 1. The highest BCUT2D eigenvalue weighted by molar-refractivity contribution is 7.92. The SMILES string of the molecule is O=S(=O)(Nc1ccon1)c1ccccc1O. The molecule has 7 heteroatoms. The molecular formula is C9H8N2O4S. The molecule has 1 aromatic heterocycles. The fourth-order valence-corrected chi connectivity index (χ4v) is 2.23. The second-order valence-electron chi connectivity index (χ2n) is 2.96. The number of aromatic hydroxyl groups is 1. The Morgan fingerprint density at radius 3 is 2.62 bits per heavy atom. The average Bonchev–Trinajstić information content (AvgIpc) is 2.70. The largest absolute Gasteiger partial charge is 0.507 e. The Morgan fingerprint density at radius 1 is 1.25 bits per heavy atom. The monoisotopic (exact) mass is 240 g/mol. The first kappa shape index (κ1) is 10.5. The standard InChI is InChI=1S/C9H8N2O4S/c12-7-3-1-2-4-8(7)16(13,14)11-9-5-6-15-10-9/h1-6,12H,(H,10,11). The minimum absolute atomic E-state index is 0.0586. The van der Waals surface area contributed by atoms with Gasteiger partial charge in [-0.1, -0.05) is 17.3 Å². The van der Waals surface area contributed by atoms with E-state index in [-0.39, 0.29) is 16.5 Å². The van der Waals surface area contributed by atoms with Crippen LogP contribution >= 0.6 is 0 Å². The maximum absolute atomic E-state index is 11.8. The predicted octanol–water partition coefficient (Wildman–Crippen LogP) is 1.18. The zero-order chi connectivity index (χ0) is 11.6. The highest BCUT2D eigenvalue weighted by Gasteiger charge is 2.18. The van der Waals surface area contributed by atoms with E-state index in [0.717, 1.165) is 0 Å². The van der Waals surface area contributed by atoms with Crippen LogP contribution in [0.3, 0.4) is 0 Å². The number of nitrogens with zero attached hydrogens (tertiary/aromatic N) is 1. The van der Waals surface area contributed by atoms with Crippen molar-refractivity contribution in [2.45, 2.75) is 4.90 Å². The van der Waals surface area contributed by atoms with Crippen molar-refractivity contribution in [3.8, 4) is 5.75 Å². The van der Waals surface area contributed by atoms with E-state index < -0.39 is 10.0 Å². The Bertz CT molecular complexity index is 577. The summed E-state index contributed by atoms with van der Waals surface area (Å²) in [6, 6.07) is 6.98. The van der Waals surface area contributed by atoms with E-state index in [1.165, 1.54) is 36.6 Å². The summed E-state index contributed by atoms with van der Waals surface area (Å²) in [6.45, 7) is 0. The molecule has 0 bridgehead atoms. The summed E-state index contributed by atoms with van der Waals surface area (Å²) in [6.07, 6.45) is 1.24. The van der Waals surface area contributed by atoms with E-state index >= 15 is 0 Å². The second-order valence-corrected chi connectivity index (χ2v) is 4.61. The lowest BCUT2D eigenvalue weighted by atomic mass is 10.3. The van der Waals surface area contributed by atoms with E-state index in [1.54, 1.807) is 0 Å². The molecule has 0 aliphatic heterocycles. The third kappa shape index (κ3) is 1.98. The number of phenolic OH excluding ortho intramolecular Hbond substituents is 1. The summed E-state index contributed by atoms with van der Waals surface area (Å²) in [4.78, 5) is -0.210. The molecule has 1 heterocycles. The number of aromatic nitrogens is 1. The zero-order valence-corrected chi connectivity index (χ0v) is 8.81. The van der Waals surface area contributed by atoms with Crippen LogP contribution in [-0.4, -0.2) is 18.7 Å². The van der Waals surface area contributed by atoms with Gasteiger partial charge in [-0.3, -0.25) is 4.72 Å². The number of phenols is 1. The normalized spacial score (nSPS) is 11.2. The van der Waals surface area contributed by atoms with Gasteiger partial charge >= 0.3 is 0 Å². The Kier molecular flexibility index (Phi) is 2.53. The summed E-state index contributed by atoms with van der Waals surface area (Å²) in [5.74, 6) is -0.262. The Labute approximate surface area is 91.6 Å². The van der Waals surface area contributed by atoms with Gasteiger partial charge in [0.25, 0.3) is 10.0 Å². The lowest BCUT2D eigenvalue weighted by molar-refractivity contribution is 0.423. The molecule has 0 aliphatic rings. The molecule has 2 rings (SSSR count). The predicted molar refractivity (Wildman–Crippen MR) is 55.4 cm³/mol. The summed E-state index contributed by atoms with van der Waals surface area (Å²) in [5.41, 5.74) is 0. The second kappa shape index (κ2) is 3.86. The maximum atomic E-state index is 11.8. The van der Waals surface area contributed by atoms with Crippen molar-refractivity contribution in [2.75, 3.05) is 4.72 Å². The van der Waals surface area contributed by atoms with Crippen molar-refractivity contribution in [3.63, 3.8) is 0 Å². The summed E-state index contributed by atoms with van der Waals surface area (Å²) in [5, 5.41) is 12.8. The van der Waals surface area contributed by atoms with Gasteiger partial charge in [0.1, 0.15) is 16.9 Å². The Balaban J connectivity index is 2.37. The number of hydrogen-bond donors (Lipinski definition) is 2. The fourth-order valence-electron chi connectivity index (χ4n) is 1.14. The van der Waals surface area contributed by atoms with Crippen LogP contribution in [0.5, 0.6) is 5.75 Å². The molecule has 2 N–H and O–H groups in total. The van der Waals surface area contributed by atoms with E-state index in [2.05, 4.69) is 14.4 Å². The van der Waals surface area contributed by atoms with Gasteiger partial charge in [-0.15, -0.1) is 0 Å². The highest BCUT2D eigenvalue weighted by atomic mass is 32.2. The third-order valence-electron chi connectivity index (χ3n) is 1.83. The molecule has 6 nitrogen and oxygen atoms in total. The molecule has 0 spiro atoms. The molecule has 0 fully saturated rings. The van der Waals surface area contributed by atoms with Gasteiger partial charge in [0.15, 0.2) is 5.82 Å². The molecule has 0 atom stereocenters. The zero-order valence-electron chi connectivity index (χ0n) is 7.99. The van der Waals surface area contributed by atoms with E-state index in [1.807, 2.05) is 0 Å². The molecule has 16 heavy (non-hydrogen) atoms.